The second kappa shape index (κ2) is 7.61. The van der Waals surface area contributed by atoms with Crippen molar-refractivity contribution in [3.8, 4) is 0 Å². The van der Waals surface area contributed by atoms with Crippen LogP contribution in [0, 0.1) is 0 Å². The quantitative estimate of drug-likeness (QED) is 0.461. The van der Waals surface area contributed by atoms with Gasteiger partial charge < -0.3 is 10.1 Å². The lowest BCUT2D eigenvalue weighted by molar-refractivity contribution is 0.0600. The molecule has 4 aromatic carbocycles. The number of fused-ring (bicyclic) bond motifs is 2. The van der Waals surface area contributed by atoms with Crippen molar-refractivity contribution >= 4 is 34.0 Å². The normalized spacial score (nSPS) is 15.3. The van der Waals surface area contributed by atoms with Gasteiger partial charge in [-0.15, -0.1) is 0 Å². The highest BCUT2D eigenvalue weighted by Crippen LogP contribution is 2.37. The minimum Gasteiger partial charge on any atom is -0.465 e. The molecular formula is C26H20N2O3. The lowest BCUT2D eigenvalue weighted by Gasteiger charge is -2.38. The molecule has 0 aromatic heterocycles. The van der Waals surface area contributed by atoms with Crippen LogP contribution in [0.3, 0.4) is 0 Å². The average Bonchev–Trinajstić information content (AvgIpc) is 2.83. The van der Waals surface area contributed by atoms with Gasteiger partial charge in [0.2, 0.25) is 0 Å². The second-order valence-corrected chi connectivity index (χ2v) is 7.41. The second-order valence-electron chi connectivity index (χ2n) is 7.41. The Hall–Kier alpha value is -4.12. The molecule has 4 aromatic rings. The first kappa shape index (κ1) is 18.9. The number of hydrogen-bond acceptors (Lipinski definition) is 4. The summed E-state index contributed by atoms with van der Waals surface area (Å²) in [5.41, 5.74) is 3.53. The number of methoxy groups -OCH3 is 1. The SMILES string of the molecule is COC(=O)c1ccc([C@H]2Nc3ccccc3C(=O)N2c2ccc3ccccc3c2)cc1. The lowest BCUT2D eigenvalue weighted by atomic mass is 10.0. The van der Waals surface area contributed by atoms with E-state index < -0.39 is 12.1 Å². The predicted octanol–water partition coefficient (Wildman–Crippen LogP) is 5.40. The predicted molar refractivity (Wildman–Crippen MR) is 121 cm³/mol. The number of esters is 1. The van der Waals surface area contributed by atoms with Crippen LogP contribution in [0.25, 0.3) is 10.8 Å². The Morgan fingerprint density at radius 1 is 0.871 bits per heavy atom. The number of benzene rings is 4. The molecule has 0 saturated carbocycles. The summed E-state index contributed by atoms with van der Waals surface area (Å²) >= 11 is 0. The number of nitrogens with zero attached hydrogens (tertiary/aromatic N) is 1. The molecule has 31 heavy (non-hydrogen) atoms. The number of anilines is 2. The van der Waals surface area contributed by atoms with Gasteiger partial charge in [0, 0.05) is 11.4 Å². The number of hydrogen-bond donors (Lipinski definition) is 1. The minimum atomic E-state index is -0.421. The van der Waals surface area contributed by atoms with Crippen LogP contribution < -0.4 is 10.2 Å². The number of nitrogens with one attached hydrogen (secondary N) is 1. The van der Waals surface area contributed by atoms with E-state index in [1.807, 2.05) is 78.9 Å². The van der Waals surface area contributed by atoms with Gasteiger partial charge in [0.15, 0.2) is 0 Å². The van der Waals surface area contributed by atoms with Gasteiger partial charge in [-0.05, 0) is 52.7 Å². The molecule has 1 heterocycles. The molecule has 1 N–H and O–H groups in total. The van der Waals surface area contributed by atoms with E-state index in [-0.39, 0.29) is 5.91 Å². The number of amides is 1. The van der Waals surface area contributed by atoms with E-state index in [2.05, 4.69) is 5.32 Å². The van der Waals surface area contributed by atoms with E-state index in [4.69, 9.17) is 4.74 Å². The van der Waals surface area contributed by atoms with Gasteiger partial charge in [0.05, 0.1) is 18.2 Å². The third-order valence-electron chi connectivity index (χ3n) is 5.59. The molecule has 5 heteroatoms. The van der Waals surface area contributed by atoms with Gasteiger partial charge >= 0.3 is 5.97 Å². The smallest absolute Gasteiger partial charge is 0.337 e. The molecule has 0 saturated heterocycles. The van der Waals surface area contributed by atoms with Crippen molar-refractivity contribution in [2.45, 2.75) is 6.17 Å². The molecule has 0 unspecified atom stereocenters. The summed E-state index contributed by atoms with van der Waals surface area (Å²) in [5, 5.41) is 5.67. The molecule has 1 amide bonds. The highest BCUT2D eigenvalue weighted by atomic mass is 16.5. The first-order chi connectivity index (χ1) is 15.2. The molecule has 1 aliphatic heterocycles. The summed E-state index contributed by atoms with van der Waals surface area (Å²) in [4.78, 5) is 27.2. The number of rotatable bonds is 3. The van der Waals surface area contributed by atoms with Crippen LogP contribution >= 0.6 is 0 Å². The number of para-hydroxylation sites is 1. The van der Waals surface area contributed by atoms with E-state index in [0.29, 0.717) is 11.1 Å². The molecule has 1 aliphatic rings. The van der Waals surface area contributed by atoms with Gasteiger partial charge in [-0.1, -0.05) is 54.6 Å². The zero-order chi connectivity index (χ0) is 21.4. The van der Waals surface area contributed by atoms with E-state index in [1.165, 1.54) is 7.11 Å². The maximum atomic E-state index is 13.6. The van der Waals surface area contributed by atoms with Crippen molar-refractivity contribution in [1.82, 2.24) is 0 Å². The maximum absolute atomic E-state index is 13.6. The van der Waals surface area contributed by atoms with Crippen LogP contribution in [-0.2, 0) is 4.74 Å². The summed E-state index contributed by atoms with van der Waals surface area (Å²) in [6.07, 6.45) is -0.421. The monoisotopic (exact) mass is 408 g/mol. The van der Waals surface area contributed by atoms with Crippen LogP contribution in [-0.4, -0.2) is 19.0 Å². The van der Waals surface area contributed by atoms with Gasteiger partial charge in [0.25, 0.3) is 5.91 Å². The van der Waals surface area contributed by atoms with Crippen molar-refractivity contribution in [3.63, 3.8) is 0 Å². The molecule has 0 aliphatic carbocycles. The van der Waals surface area contributed by atoms with Gasteiger partial charge in [-0.2, -0.15) is 0 Å². The Bertz CT molecular complexity index is 1300. The summed E-state index contributed by atoms with van der Waals surface area (Å²) in [5.74, 6) is -0.470. The van der Waals surface area contributed by atoms with Crippen molar-refractivity contribution in [2.24, 2.45) is 0 Å². The molecular weight excluding hydrogens is 388 g/mol. The van der Waals surface area contributed by atoms with Crippen molar-refractivity contribution in [3.05, 3.63) is 108 Å². The molecule has 0 spiro atoms. The van der Waals surface area contributed by atoms with Gasteiger partial charge in [-0.25, -0.2) is 4.79 Å². The van der Waals surface area contributed by atoms with E-state index in [9.17, 15) is 9.59 Å². The molecule has 0 radical (unpaired) electrons. The topological polar surface area (TPSA) is 58.6 Å². The fourth-order valence-electron chi connectivity index (χ4n) is 4.00. The fraction of sp³-hybridized carbons (Fsp3) is 0.0769. The summed E-state index contributed by atoms with van der Waals surface area (Å²) in [6, 6.07) is 28.7. The lowest BCUT2D eigenvalue weighted by Crippen LogP contribution is -2.43. The highest BCUT2D eigenvalue weighted by molar-refractivity contribution is 6.12. The standard InChI is InChI=1S/C26H20N2O3/c1-31-26(30)19-12-10-18(11-13-19)24-27-23-9-5-4-8-22(23)25(29)28(24)21-15-14-17-6-2-3-7-20(17)16-21/h2-16,24,27H,1H3/t24-/m0/s1. The van der Waals surface area contributed by atoms with Crippen LogP contribution in [0.2, 0.25) is 0 Å². The molecule has 5 nitrogen and oxygen atoms in total. The largest absolute Gasteiger partial charge is 0.465 e. The Kier molecular flexibility index (Phi) is 4.64. The van der Waals surface area contributed by atoms with Gasteiger partial charge in [0.1, 0.15) is 6.17 Å². The fourth-order valence-corrected chi connectivity index (χ4v) is 4.00. The number of ether oxygens (including phenoxy) is 1. The van der Waals surface area contributed by atoms with Crippen molar-refractivity contribution in [2.75, 3.05) is 17.3 Å². The van der Waals surface area contributed by atoms with E-state index in [1.54, 1.807) is 17.0 Å². The molecule has 152 valence electrons. The van der Waals surface area contributed by atoms with Crippen molar-refractivity contribution in [1.29, 1.82) is 0 Å². The maximum Gasteiger partial charge on any atom is 0.337 e. The zero-order valence-electron chi connectivity index (χ0n) is 16.9. The first-order valence-corrected chi connectivity index (χ1v) is 10.0. The van der Waals surface area contributed by atoms with Gasteiger partial charge in [-0.3, -0.25) is 9.69 Å². The highest BCUT2D eigenvalue weighted by Gasteiger charge is 2.34. The molecule has 5 rings (SSSR count). The molecule has 1 atom stereocenters. The number of carbonyl (C=O) groups is 2. The van der Waals surface area contributed by atoms with E-state index in [0.717, 1.165) is 27.7 Å². The van der Waals surface area contributed by atoms with E-state index >= 15 is 0 Å². The Labute approximate surface area is 179 Å². The zero-order valence-corrected chi connectivity index (χ0v) is 16.9. The minimum absolute atomic E-state index is 0.0772. The summed E-state index contributed by atoms with van der Waals surface area (Å²) in [7, 11) is 1.36. The Morgan fingerprint density at radius 3 is 2.35 bits per heavy atom. The van der Waals surface area contributed by atoms with Crippen LogP contribution in [0.15, 0.2) is 91.0 Å². The first-order valence-electron chi connectivity index (χ1n) is 10.0. The molecule has 0 fully saturated rings. The Balaban J connectivity index is 1.63. The molecule has 0 bridgehead atoms. The van der Waals surface area contributed by atoms with Crippen LogP contribution in [0.4, 0.5) is 11.4 Å². The third kappa shape index (κ3) is 3.30. The Morgan fingerprint density at radius 2 is 1.58 bits per heavy atom. The van der Waals surface area contributed by atoms with Crippen LogP contribution in [0.1, 0.15) is 32.4 Å². The average molecular weight is 408 g/mol. The van der Waals surface area contributed by atoms with Crippen molar-refractivity contribution < 1.29 is 14.3 Å². The number of carbonyl (C=O) groups excluding carboxylic acids is 2. The summed E-state index contributed by atoms with van der Waals surface area (Å²) < 4.78 is 4.80. The third-order valence-corrected chi connectivity index (χ3v) is 5.59. The summed E-state index contributed by atoms with van der Waals surface area (Å²) in [6.45, 7) is 0. The van der Waals surface area contributed by atoms with Crippen LogP contribution in [0.5, 0.6) is 0 Å².